The van der Waals surface area contributed by atoms with Crippen molar-refractivity contribution in [2.75, 3.05) is 13.1 Å². The van der Waals surface area contributed by atoms with Crippen LogP contribution in [0.4, 0.5) is 0 Å². The van der Waals surface area contributed by atoms with E-state index in [2.05, 4.69) is 10.6 Å². The third kappa shape index (κ3) is 4.00. The molecule has 1 amide bonds. The first-order valence-electron chi connectivity index (χ1n) is 5.98. The SMILES string of the molecule is CC(C)(C)OC(=O)C1(N[C]=O)CCCNCC1. The van der Waals surface area contributed by atoms with Gasteiger partial charge in [-0.15, -0.1) is 0 Å². The summed E-state index contributed by atoms with van der Waals surface area (Å²) in [5.74, 6) is -0.364. The first-order chi connectivity index (χ1) is 7.90. The van der Waals surface area contributed by atoms with Crippen molar-refractivity contribution in [2.24, 2.45) is 0 Å². The normalized spacial score (nSPS) is 25.8. The van der Waals surface area contributed by atoms with Gasteiger partial charge in [-0.3, -0.25) is 4.79 Å². The molecular formula is C12H21N2O3. The summed E-state index contributed by atoms with van der Waals surface area (Å²) in [7, 11) is 0. The maximum absolute atomic E-state index is 12.2. The van der Waals surface area contributed by atoms with Gasteiger partial charge in [0, 0.05) is 0 Å². The number of ether oxygens (including phenoxy) is 1. The Hall–Kier alpha value is -1.10. The van der Waals surface area contributed by atoms with Crippen LogP contribution in [-0.4, -0.2) is 36.6 Å². The summed E-state index contributed by atoms with van der Waals surface area (Å²) in [6.07, 6.45) is 3.60. The van der Waals surface area contributed by atoms with E-state index in [1.54, 1.807) is 6.41 Å². The Morgan fingerprint density at radius 3 is 2.65 bits per heavy atom. The number of esters is 1. The van der Waals surface area contributed by atoms with Gasteiger partial charge in [0.2, 0.25) is 0 Å². The molecule has 1 radical (unpaired) electrons. The molecular weight excluding hydrogens is 220 g/mol. The van der Waals surface area contributed by atoms with Gasteiger partial charge in [-0.05, 0) is 53.1 Å². The van der Waals surface area contributed by atoms with Crippen molar-refractivity contribution >= 4 is 12.4 Å². The van der Waals surface area contributed by atoms with Crippen LogP contribution in [0.15, 0.2) is 0 Å². The van der Waals surface area contributed by atoms with E-state index < -0.39 is 11.1 Å². The zero-order valence-corrected chi connectivity index (χ0v) is 10.8. The van der Waals surface area contributed by atoms with Crippen LogP contribution in [0.2, 0.25) is 0 Å². The maximum atomic E-state index is 12.2. The molecule has 0 aromatic rings. The minimum Gasteiger partial charge on any atom is -0.458 e. The van der Waals surface area contributed by atoms with Crippen LogP contribution < -0.4 is 10.6 Å². The van der Waals surface area contributed by atoms with Crippen LogP contribution in [0.3, 0.4) is 0 Å². The van der Waals surface area contributed by atoms with E-state index in [9.17, 15) is 9.59 Å². The molecule has 0 aliphatic carbocycles. The van der Waals surface area contributed by atoms with Crippen molar-refractivity contribution in [2.45, 2.75) is 51.2 Å². The summed E-state index contributed by atoms with van der Waals surface area (Å²) in [5.41, 5.74) is -1.47. The Morgan fingerprint density at radius 2 is 2.06 bits per heavy atom. The van der Waals surface area contributed by atoms with E-state index in [1.165, 1.54) is 0 Å². The highest BCUT2D eigenvalue weighted by molar-refractivity contribution is 5.83. The van der Waals surface area contributed by atoms with Gasteiger partial charge >= 0.3 is 12.4 Å². The lowest BCUT2D eigenvalue weighted by Crippen LogP contribution is -2.54. The summed E-state index contributed by atoms with van der Waals surface area (Å²) in [5, 5.41) is 5.74. The lowest BCUT2D eigenvalue weighted by atomic mass is 9.90. The lowest BCUT2D eigenvalue weighted by molar-refractivity contribution is -0.163. The summed E-state index contributed by atoms with van der Waals surface area (Å²) >= 11 is 0. The molecule has 0 saturated carbocycles. The molecule has 1 heterocycles. The number of amides is 1. The third-order valence-corrected chi connectivity index (χ3v) is 2.77. The molecule has 2 N–H and O–H groups in total. The smallest absolute Gasteiger partial charge is 0.332 e. The van der Waals surface area contributed by atoms with Crippen LogP contribution in [-0.2, 0) is 14.3 Å². The van der Waals surface area contributed by atoms with Crippen molar-refractivity contribution in [3.8, 4) is 0 Å². The Kier molecular flexibility index (Phi) is 4.51. The third-order valence-electron chi connectivity index (χ3n) is 2.77. The largest absolute Gasteiger partial charge is 0.458 e. The summed E-state index contributed by atoms with van der Waals surface area (Å²) < 4.78 is 5.38. The van der Waals surface area contributed by atoms with Gasteiger partial charge in [0.15, 0.2) is 0 Å². The second kappa shape index (κ2) is 5.49. The molecule has 0 bridgehead atoms. The van der Waals surface area contributed by atoms with Crippen molar-refractivity contribution < 1.29 is 14.3 Å². The highest BCUT2D eigenvalue weighted by atomic mass is 16.6. The molecule has 0 spiro atoms. The number of carbonyl (C=O) groups excluding carboxylic acids is 2. The first kappa shape index (κ1) is 14.0. The maximum Gasteiger partial charge on any atom is 0.332 e. The minimum atomic E-state index is -0.918. The molecule has 1 fully saturated rings. The second-order valence-corrected chi connectivity index (χ2v) is 5.41. The Labute approximate surface area is 102 Å². The molecule has 1 aliphatic heterocycles. The monoisotopic (exact) mass is 241 g/mol. The van der Waals surface area contributed by atoms with Crippen molar-refractivity contribution in [3.05, 3.63) is 0 Å². The van der Waals surface area contributed by atoms with Crippen LogP contribution in [0.5, 0.6) is 0 Å². The topological polar surface area (TPSA) is 67.4 Å². The molecule has 0 aromatic carbocycles. The summed E-state index contributed by atoms with van der Waals surface area (Å²) in [6.45, 7) is 6.99. The van der Waals surface area contributed by atoms with E-state index in [0.29, 0.717) is 19.4 Å². The van der Waals surface area contributed by atoms with Crippen molar-refractivity contribution in [3.63, 3.8) is 0 Å². The fraction of sp³-hybridized carbons (Fsp3) is 0.833. The van der Waals surface area contributed by atoms with Gasteiger partial charge in [-0.2, -0.15) is 0 Å². The van der Waals surface area contributed by atoms with Gasteiger partial charge in [0.05, 0.1) is 0 Å². The molecule has 1 unspecified atom stereocenters. The van der Waals surface area contributed by atoms with Gasteiger partial charge < -0.3 is 15.4 Å². The van der Waals surface area contributed by atoms with Crippen LogP contribution in [0.25, 0.3) is 0 Å². The van der Waals surface area contributed by atoms with Gasteiger partial charge in [0.25, 0.3) is 0 Å². The molecule has 17 heavy (non-hydrogen) atoms. The zero-order valence-electron chi connectivity index (χ0n) is 10.8. The van der Waals surface area contributed by atoms with Crippen LogP contribution in [0, 0.1) is 0 Å². The number of hydrogen-bond donors (Lipinski definition) is 2. The molecule has 5 nitrogen and oxygen atoms in total. The van der Waals surface area contributed by atoms with E-state index >= 15 is 0 Å². The number of carbonyl (C=O) groups is 1. The Balaban J connectivity index is 2.81. The van der Waals surface area contributed by atoms with Crippen molar-refractivity contribution in [1.82, 2.24) is 10.6 Å². The van der Waals surface area contributed by atoms with Crippen molar-refractivity contribution in [1.29, 1.82) is 0 Å². The molecule has 1 saturated heterocycles. The van der Waals surface area contributed by atoms with E-state index in [1.807, 2.05) is 20.8 Å². The average molecular weight is 241 g/mol. The summed E-state index contributed by atoms with van der Waals surface area (Å²) in [4.78, 5) is 22.8. The van der Waals surface area contributed by atoms with Gasteiger partial charge in [-0.25, -0.2) is 4.79 Å². The van der Waals surface area contributed by atoms with Crippen LogP contribution in [0.1, 0.15) is 40.0 Å². The molecule has 1 atom stereocenters. The summed E-state index contributed by atoms with van der Waals surface area (Å²) in [6, 6.07) is 0. The highest BCUT2D eigenvalue weighted by Gasteiger charge is 2.41. The number of hydrogen-bond acceptors (Lipinski definition) is 4. The Bertz CT molecular complexity index is 276. The highest BCUT2D eigenvalue weighted by Crippen LogP contribution is 2.23. The molecule has 1 aliphatic rings. The molecule has 97 valence electrons. The van der Waals surface area contributed by atoms with E-state index in [0.717, 1.165) is 13.0 Å². The molecule has 5 heteroatoms. The fourth-order valence-corrected chi connectivity index (χ4v) is 1.92. The molecule has 1 rings (SSSR count). The number of rotatable bonds is 3. The van der Waals surface area contributed by atoms with Gasteiger partial charge in [0.1, 0.15) is 11.1 Å². The average Bonchev–Trinajstić information content (AvgIpc) is 2.42. The minimum absolute atomic E-state index is 0.364. The zero-order chi connectivity index (χ0) is 12.9. The predicted octanol–water partition coefficient (Wildman–Crippen LogP) is 0.497. The van der Waals surface area contributed by atoms with E-state index in [-0.39, 0.29) is 5.97 Å². The quantitative estimate of drug-likeness (QED) is 0.557. The second-order valence-electron chi connectivity index (χ2n) is 5.41. The molecule has 0 aromatic heterocycles. The van der Waals surface area contributed by atoms with Gasteiger partial charge in [-0.1, -0.05) is 0 Å². The first-order valence-corrected chi connectivity index (χ1v) is 5.98. The Morgan fingerprint density at radius 1 is 1.35 bits per heavy atom. The standard InChI is InChI=1S/C12H21N2O3/c1-11(2,3)17-10(16)12(14-9-15)5-4-7-13-8-6-12/h13H,4-8H2,1-3H3,(H,14,15). The lowest BCUT2D eigenvalue weighted by Gasteiger charge is -2.32. The predicted molar refractivity (Wildman–Crippen MR) is 64.1 cm³/mol. The van der Waals surface area contributed by atoms with E-state index in [4.69, 9.17) is 4.74 Å². The fourth-order valence-electron chi connectivity index (χ4n) is 1.92. The number of nitrogens with one attached hydrogen (secondary N) is 2. The van der Waals surface area contributed by atoms with Crippen LogP contribution >= 0.6 is 0 Å².